The van der Waals surface area contributed by atoms with Crippen LogP contribution in [0.2, 0.25) is 0 Å². The molecule has 3 rings (SSSR count). The summed E-state index contributed by atoms with van der Waals surface area (Å²) in [6.07, 6.45) is 5.68. The minimum Gasteiger partial charge on any atom is -0.447 e. The number of piperidine rings is 2. The zero-order chi connectivity index (χ0) is 24.0. The van der Waals surface area contributed by atoms with Crippen molar-refractivity contribution in [3.63, 3.8) is 0 Å². The van der Waals surface area contributed by atoms with Crippen molar-refractivity contribution in [3.05, 3.63) is 18.5 Å². The number of nitrogens with one attached hydrogen (secondary N) is 1. The molecule has 1 aromatic rings. The van der Waals surface area contributed by atoms with Crippen LogP contribution in [0, 0.1) is 0 Å². The maximum absolute atomic E-state index is 12.8. The van der Waals surface area contributed by atoms with Crippen molar-refractivity contribution in [2.24, 2.45) is 0 Å². The lowest BCUT2D eigenvalue weighted by Crippen LogP contribution is -2.60. The summed E-state index contributed by atoms with van der Waals surface area (Å²) in [5, 5.41) is 0. The van der Waals surface area contributed by atoms with E-state index in [-0.39, 0.29) is 18.8 Å². The van der Waals surface area contributed by atoms with Gasteiger partial charge in [0.25, 0.3) is 10.2 Å². The molecule has 0 bridgehead atoms. The molecule has 2 fully saturated rings. The zero-order valence-electron chi connectivity index (χ0n) is 19.9. The second kappa shape index (κ2) is 11.4. The summed E-state index contributed by atoms with van der Waals surface area (Å²) in [7, 11) is -0.700. The van der Waals surface area contributed by atoms with E-state index in [0.29, 0.717) is 25.3 Å². The summed E-state index contributed by atoms with van der Waals surface area (Å²) in [4.78, 5) is 25.1. The summed E-state index contributed by atoms with van der Waals surface area (Å²) >= 11 is 0. The van der Waals surface area contributed by atoms with Gasteiger partial charge in [-0.25, -0.2) is 14.8 Å². The average Bonchev–Trinajstić information content (AvgIpc) is 2.78. The van der Waals surface area contributed by atoms with Gasteiger partial charge in [0.2, 0.25) is 5.95 Å². The van der Waals surface area contributed by atoms with E-state index in [1.54, 1.807) is 37.2 Å². The van der Waals surface area contributed by atoms with E-state index < -0.39 is 28.4 Å². The summed E-state index contributed by atoms with van der Waals surface area (Å²) in [5.41, 5.74) is 0. The number of ether oxygens (including phenoxy) is 2. The van der Waals surface area contributed by atoms with Crippen LogP contribution >= 0.6 is 0 Å². The summed E-state index contributed by atoms with van der Waals surface area (Å²) in [5.74, 6) is 0.712. The van der Waals surface area contributed by atoms with E-state index in [2.05, 4.69) is 19.6 Å². The fourth-order valence-electron chi connectivity index (χ4n) is 4.10. The van der Waals surface area contributed by atoms with Crippen LogP contribution in [0.25, 0.3) is 0 Å². The SMILES string of the molecule is CC(C)OC(=O)N1CCC[C@H](NS(=O)(=O)N(C)C)[C@@H]1COC1CCN(c2ncccn2)CC1. The molecule has 0 unspecified atom stereocenters. The molecule has 2 aliphatic heterocycles. The van der Waals surface area contributed by atoms with Gasteiger partial charge in [-0.1, -0.05) is 0 Å². The molecule has 1 N–H and O–H groups in total. The topological polar surface area (TPSA) is 117 Å². The first-order valence-electron chi connectivity index (χ1n) is 11.5. The van der Waals surface area contributed by atoms with Crippen molar-refractivity contribution < 1.29 is 22.7 Å². The van der Waals surface area contributed by atoms with Crippen molar-refractivity contribution in [2.45, 2.75) is 63.8 Å². The Morgan fingerprint density at radius 3 is 2.45 bits per heavy atom. The molecule has 11 nitrogen and oxygen atoms in total. The van der Waals surface area contributed by atoms with Gasteiger partial charge in [-0.05, 0) is 45.6 Å². The van der Waals surface area contributed by atoms with Crippen LogP contribution in [0.5, 0.6) is 0 Å². The lowest BCUT2D eigenvalue weighted by molar-refractivity contribution is -0.0242. The molecule has 0 spiro atoms. The third-order valence-corrected chi connectivity index (χ3v) is 7.47. The van der Waals surface area contributed by atoms with Gasteiger partial charge in [-0.15, -0.1) is 0 Å². The molecule has 3 heterocycles. The highest BCUT2D eigenvalue weighted by Gasteiger charge is 2.38. The largest absolute Gasteiger partial charge is 0.447 e. The number of hydrogen-bond acceptors (Lipinski definition) is 8. The van der Waals surface area contributed by atoms with E-state index in [1.165, 1.54) is 14.1 Å². The molecule has 0 radical (unpaired) electrons. The maximum Gasteiger partial charge on any atom is 0.410 e. The minimum atomic E-state index is -3.66. The number of rotatable bonds is 8. The first-order chi connectivity index (χ1) is 15.7. The molecule has 0 aromatic carbocycles. The molecular weight excluding hydrogens is 448 g/mol. The van der Waals surface area contributed by atoms with E-state index in [4.69, 9.17) is 9.47 Å². The first kappa shape index (κ1) is 25.6. The molecule has 1 amide bonds. The molecule has 1 aromatic heterocycles. The Bertz CT molecular complexity index is 861. The highest BCUT2D eigenvalue weighted by Crippen LogP contribution is 2.23. The number of aromatic nitrogens is 2. The average molecular weight is 485 g/mol. The molecule has 12 heteroatoms. The van der Waals surface area contributed by atoms with Gasteiger partial charge in [-0.3, -0.25) is 0 Å². The molecule has 2 aliphatic rings. The van der Waals surface area contributed by atoms with Crippen LogP contribution in [0.15, 0.2) is 18.5 Å². The molecule has 186 valence electrons. The molecule has 33 heavy (non-hydrogen) atoms. The monoisotopic (exact) mass is 484 g/mol. The van der Waals surface area contributed by atoms with Gasteiger partial charge >= 0.3 is 6.09 Å². The number of likely N-dealkylation sites (tertiary alicyclic amines) is 1. The second-order valence-corrected chi connectivity index (χ2v) is 10.8. The number of amides is 1. The fourth-order valence-corrected chi connectivity index (χ4v) is 4.97. The number of carbonyl (C=O) groups excluding carboxylic acids is 1. The van der Waals surface area contributed by atoms with Gasteiger partial charge in [-0.2, -0.15) is 17.4 Å². The third kappa shape index (κ3) is 6.98. The quantitative estimate of drug-likeness (QED) is 0.586. The maximum atomic E-state index is 12.8. The van der Waals surface area contributed by atoms with E-state index >= 15 is 0 Å². The number of nitrogens with zero attached hydrogens (tertiary/aromatic N) is 5. The van der Waals surface area contributed by atoms with Crippen LogP contribution in [0.1, 0.15) is 39.5 Å². The van der Waals surface area contributed by atoms with Gasteiger partial charge in [0.05, 0.1) is 24.9 Å². The molecule has 2 atom stereocenters. The van der Waals surface area contributed by atoms with Gasteiger partial charge in [0.15, 0.2) is 0 Å². The molecule has 0 saturated carbocycles. The Morgan fingerprint density at radius 1 is 1.18 bits per heavy atom. The van der Waals surface area contributed by atoms with Crippen LogP contribution in [0.3, 0.4) is 0 Å². The van der Waals surface area contributed by atoms with Gasteiger partial charge in [0.1, 0.15) is 0 Å². The first-order valence-corrected chi connectivity index (χ1v) is 12.9. The number of carbonyl (C=O) groups is 1. The minimum absolute atomic E-state index is 0.0148. The van der Waals surface area contributed by atoms with E-state index in [9.17, 15) is 13.2 Å². The Hall–Kier alpha value is -2.02. The molecule has 2 saturated heterocycles. The van der Waals surface area contributed by atoms with Crippen LogP contribution in [0.4, 0.5) is 10.7 Å². The van der Waals surface area contributed by atoms with Crippen molar-refractivity contribution in [1.82, 2.24) is 23.9 Å². The fraction of sp³-hybridized carbons (Fsp3) is 0.762. The Labute approximate surface area is 196 Å². The van der Waals surface area contributed by atoms with Crippen molar-refractivity contribution >= 4 is 22.3 Å². The second-order valence-electron chi connectivity index (χ2n) is 8.92. The van der Waals surface area contributed by atoms with Crippen molar-refractivity contribution in [1.29, 1.82) is 0 Å². The van der Waals surface area contributed by atoms with Crippen molar-refractivity contribution in [3.8, 4) is 0 Å². The summed E-state index contributed by atoms with van der Waals surface area (Å²) in [6.45, 7) is 5.88. The zero-order valence-corrected chi connectivity index (χ0v) is 20.7. The Morgan fingerprint density at radius 2 is 1.85 bits per heavy atom. The van der Waals surface area contributed by atoms with Gasteiger partial charge in [0, 0.05) is 52.2 Å². The third-order valence-electron chi connectivity index (χ3n) is 5.91. The Kier molecular flexibility index (Phi) is 8.85. The summed E-state index contributed by atoms with van der Waals surface area (Å²) in [6, 6.07) is 0.888. The number of hydrogen-bond donors (Lipinski definition) is 1. The van der Waals surface area contributed by atoms with Crippen molar-refractivity contribution in [2.75, 3.05) is 45.2 Å². The van der Waals surface area contributed by atoms with Crippen LogP contribution in [-0.2, 0) is 19.7 Å². The van der Waals surface area contributed by atoms with Crippen LogP contribution < -0.4 is 9.62 Å². The molecule has 0 aliphatic carbocycles. The Balaban J connectivity index is 1.64. The highest BCUT2D eigenvalue weighted by molar-refractivity contribution is 7.87. The van der Waals surface area contributed by atoms with E-state index in [1.807, 2.05) is 0 Å². The highest BCUT2D eigenvalue weighted by atomic mass is 32.2. The lowest BCUT2D eigenvalue weighted by Gasteiger charge is -2.42. The standard InChI is InChI=1S/C21H36N6O5S/c1-16(2)32-21(28)27-12-5-7-18(24-33(29,30)25(3)4)19(27)15-31-17-8-13-26(14-9-17)20-22-10-6-11-23-20/h6,10-11,16-19,24H,5,7-9,12-15H2,1-4H3/t18-,19-/m0/s1. The number of anilines is 1. The normalized spacial score (nSPS) is 22.7. The van der Waals surface area contributed by atoms with Crippen LogP contribution in [-0.4, -0.2) is 98.3 Å². The smallest absolute Gasteiger partial charge is 0.410 e. The lowest BCUT2D eigenvalue weighted by atomic mass is 9.97. The van der Waals surface area contributed by atoms with Gasteiger partial charge < -0.3 is 19.3 Å². The predicted octanol–water partition coefficient (Wildman–Crippen LogP) is 1.24. The summed E-state index contributed by atoms with van der Waals surface area (Å²) < 4.78 is 40.5. The predicted molar refractivity (Wildman–Crippen MR) is 124 cm³/mol. The molecular formula is C21H36N6O5S. The van der Waals surface area contributed by atoms with E-state index in [0.717, 1.165) is 30.2 Å².